The van der Waals surface area contributed by atoms with Gasteiger partial charge in [-0.25, -0.2) is 8.42 Å². The van der Waals surface area contributed by atoms with Gasteiger partial charge >= 0.3 is 0 Å². The van der Waals surface area contributed by atoms with E-state index in [0.717, 1.165) is 12.8 Å². The minimum absolute atomic E-state index is 0.141. The molecule has 1 atom stereocenters. The summed E-state index contributed by atoms with van der Waals surface area (Å²) >= 11 is 11.5. The van der Waals surface area contributed by atoms with Gasteiger partial charge in [0.15, 0.2) is 15.0 Å². The van der Waals surface area contributed by atoms with E-state index in [1.807, 2.05) is 0 Å². The average molecular weight is 295 g/mol. The Bertz CT molecular complexity index is 519. The van der Waals surface area contributed by atoms with Gasteiger partial charge in [-0.2, -0.15) is 5.10 Å². The average Bonchev–Trinajstić information content (AvgIpc) is 2.26. The third kappa shape index (κ3) is 3.09. The Morgan fingerprint density at radius 2 is 2.06 bits per heavy atom. The molecular weight excluding hydrogens is 283 g/mol. The lowest BCUT2D eigenvalue weighted by atomic mass is 10.1. The molecule has 0 N–H and O–H groups in total. The Kier molecular flexibility index (Phi) is 3.90. The van der Waals surface area contributed by atoms with Gasteiger partial charge in [0.1, 0.15) is 0 Å². The first-order valence-electron chi connectivity index (χ1n) is 5.38. The van der Waals surface area contributed by atoms with Crippen molar-refractivity contribution in [2.24, 2.45) is 0 Å². The quantitative estimate of drug-likeness (QED) is 0.840. The van der Waals surface area contributed by atoms with Crippen LogP contribution in [0.25, 0.3) is 0 Å². The fourth-order valence-corrected chi connectivity index (χ4v) is 4.12. The molecule has 0 aliphatic carbocycles. The second kappa shape index (κ2) is 5.08. The predicted octanol–water partition coefficient (Wildman–Crippen LogP) is 2.29. The third-order valence-electron chi connectivity index (χ3n) is 2.91. The van der Waals surface area contributed by atoms with E-state index < -0.39 is 9.84 Å². The van der Waals surface area contributed by atoms with Crippen LogP contribution < -0.4 is 0 Å². The maximum atomic E-state index is 11.8. The summed E-state index contributed by atoms with van der Waals surface area (Å²) in [5.74, 6) is 0.270. The number of hydrogen-bond donors (Lipinski definition) is 0. The molecule has 7 heteroatoms. The van der Waals surface area contributed by atoms with Gasteiger partial charge in [-0.1, -0.05) is 29.6 Å². The molecular formula is C10H12Cl2N2O2S. The first kappa shape index (κ1) is 13.1. The van der Waals surface area contributed by atoms with Gasteiger partial charge in [-0.05, 0) is 18.9 Å². The van der Waals surface area contributed by atoms with Gasteiger partial charge in [0.2, 0.25) is 0 Å². The first-order valence-corrected chi connectivity index (χ1v) is 7.85. The van der Waals surface area contributed by atoms with Gasteiger partial charge < -0.3 is 0 Å². The van der Waals surface area contributed by atoms with E-state index in [1.165, 1.54) is 0 Å². The fraction of sp³-hybridized carbons (Fsp3) is 0.600. The highest BCUT2D eigenvalue weighted by Gasteiger charge is 2.29. The molecule has 0 amide bonds. The second-order valence-corrected chi connectivity index (χ2v) is 7.33. The maximum Gasteiger partial charge on any atom is 0.170 e. The van der Waals surface area contributed by atoms with Crippen molar-refractivity contribution in [3.63, 3.8) is 0 Å². The highest BCUT2D eigenvalue weighted by atomic mass is 35.5. The lowest BCUT2D eigenvalue weighted by Crippen LogP contribution is -2.30. The van der Waals surface area contributed by atoms with Crippen molar-refractivity contribution in [3.8, 4) is 0 Å². The number of sulfone groups is 1. The van der Waals surface area contributed by atoms with E-state index in [0.29, 0.717) is 23.6 Å². The Morgan fingerprint density at radius 1 is 1.29 bits per heavy atom. The molecule has 0 bridgehead atoms. The van der Waals surface area contributed by atoms with Gasteiger partial charge in [0, 0.05) is 6.42 Å². The van der Waals surface area contributed by atoms with E-state index in [2.05, 4.69) is 10.2 Å². The normalized spacial score (nSPS) is 23.5. The first-order chi connectivity index (χ1) is 7.99. The van der Waals surface area contributed by atoms with Crippen LogP contribution in [0.1, 0.15) is 25.0 Å². The summed E-state index contributed by atoms with van der Waals surface area (Å²) in [6, 6.07) is 1.58. The highest BCUT2D eigenvalue weighted by molar-refractivity contribution is 7.92. The fourth-order valence-electron chi connectivity index (χ4n) is 1.97. The summed E-state index contributed by atoms with van der Waals surface area (Å²) in [5.41, 5.74) is 0.579. The van der Waals surface area contributed by atoms with Gasteiger partial charge in [-0.15, -0.1) is 5.10 Å². The smallest absolute Gasteiger partial charge is 0.170 e. The van der Waals surface area contributed by atoms with Crippen molar-refractivity contribution in [1.29, 1.82) is 0 Å². The third-order valence-corrected chi connectivity index (χ3v) is 5.85. The SMILES string of the molecule is O=S1(=O)CCCCC1Cc1cc(Cl)c(Cl)nn1. The molecule has 17 heavy (non-hydrogen) atoms. The van der Waals surface area contributed by atoms with E-state index in [4.69, 9.17) is 23.2 Å². The van der Waals surface area contributed by atoms with Crippen LogP contribution in [0.5, 0.6) is 0 Å². The Labute approximate surface area is 110 Å². The van der Waals surface area contributed by atoms with E-state index in [9.17, 15) is 8.42 Å². The van der Waals surface area contributed by atoms with Gasteiger partial charge in [0.25, 0.3) is 0 Å². The number of aromatic nitrogens is 2. The largest absolute Gasteiger partial charge is 0.229 e. The molecule has 1 fully saturated rings. The van der Waals surface area contributed by atoms with E-state index in [-0.39, 0.29) is 16.2 Å². The number of rotatable bonds is 2. The number of nitrogens with zero attached hydrogens (tertiary/aromatic N) is 2. The summed E-state index contributed by atoms with van der Waals surface area (Å²) in [6.07, 6.45) is 2.75. The zero-order valence-electron chi connectivity index (χ0n) is 9.07. The molecule has 2 rings (SSSR count). The zero-order chi connectivity index (χ0) is 12.5. The summed E-state index contributed by atoms with van der Waals surface area (Å²) in [4.78, 5) is 0. The van der Waals surface area contributed by atoms with Crippen LogP contribution in [0.2, 0.25) is 10.2 Å². The Balaban J connectivity index is 2.17. The minimum atomic E-state index is -2.99. The van der Waals surface area contributed by atoms with Crippen LogP contribution in [0.15, 0.2) is 6.07 Å². The van der Waals surface area contributed by atoms with E-state index in [1.54, 1.807) is 6.07 Å². The molecule has 0 saturated carbocycles. The topological polar surface area (TPSA) is 59.9 Å². The molecule has 0 spiro atoms. The molecule has 4 nitrogen and oxygen atoms in total. The zero-order valence-corrected chi connectivity index (χ0v) is 11.4. The molecule has 0 radical (unpaired) electrons. The van der Waals surface area contributed by atoms with Crippen LogP contribution in [0, 0.1) is 0 Å². The van der Waals surface area contributed by atoms with Crippen LogP contribution in [0.3, 0.4) is 0 Å². The van der Waals surface area contributed by atoms with Crippen molar-refractivity contribution in [3.05, 3.63) is 21.9 Å². The summed E-state index contributed by atoms with van der Waals surface area (Å²) in [7, 11) is -2.99. The van der Waals surface area contributed by atoms with Crippen molar-refractivity contribution < 1.29 is 8.42 Å². The molecule has 1 aromatic heterocycles. The lowest BCUT2D eigenvalue weighted by molar-refractivity contribution is 0.535. The number of hydrogen-bond acceptors (Lipinski definition) is 4. The van der Waals surface area contributed by atoms with Crippen molar-refractivity contribution >= 4 is 33.0 Å². The molecule has 1 saturated heterocycles. The molecule has 1 aliphatic heterocycles. The molecule has 0 aromatic carbocycles. The van der Waals surface area contributed by atoms with Gasteiger partial charge in [0.05, 0.1) is 21.7 Å². The van der Waals surface area contributed by atoms with Crippen LogP contribution in [0.4, 0.5) is 0 Å². The van der Waals surface area contributed by atoms with Crippen molar-refractivity contribution in [1.82, 2.24) is 10.2 Å². The van der Waals surface area contributed by atoms with Crippen molar-refractivity contribution in [2.45, 2.75) is 30.9 Å². The Hall–Kier alpha value is -0.390. The molecule has 94 valence electrons. The van der Waals surface area contributed by atoms with Crippen LogP contribution in [-0.2, 0) is 16.3 Å². The maximum absolute atomic E-state index is 11.8. The Morgan fingerprint density at radius 3 is 2.71 bits per heavy atom. The number of halogens is 2. The monoisotopic (exact) mass is 294 g/mol. The molecule has 1 aliphatic rings. The van der Waals surface area contributed by atoms with Crippen LogP contribution >= 0.6 is 23.2 Å². The standard InChI is InChI=1S/C10H12Cl2N2O2S/c11-9-6-7(13-14-10(9)12)5-8-3-1-2-4-17(8,15)16/h6,8H,1-5H2. The molecule has 1 aromatic rings. The van der Waals surface area contributed by atoms with E-state index >= 15 is 0 Å². The summed E-state index contributed by atoms with van der Waals surface area (Å²) in [6.45, 7) is 0. The minimum Gasteiger partial charge on any atom is -0.229 e. The predicted molar refractivity (Wildman–Crippen MR) is 67.2 cm³/mol. The van der Waals surface area contributed by atoms with Crippen LogP contribution in [-0.4, -0.2) is 29.6 Å². The molecule has 2 heterocycles. The lowest BCUT2D eigenvalue weighted by Gasteiger charge is -2.21. The van der Waals surface area contributed by atoms with Gasteiger partial charge in [-0.3, -0.25) is 0 Å². The molecule has 1 unspecified atom stereocenters. The summed E-state index contributed by atoms with van der Waals surface area (Å²) < 4.78 is 23.7. The second-order valence-electron chi connectivity index (χ2n) is 4.16. The van der Waals surface area contributed by atoms with Crippen molar-refractivity contribution in [2.75, 3.05) is 5.75 Å². The highest BCUT2D eigenvalue weighted by Crippen LogP contribution is 2.24. The summed E-state index contributed by atoms with van der Waals surface area (Å²) in [5, 5.41) is 7.64.